The summed E-state index contributed by atoms with van der Waals surface area (Å²) >= 11 is 0. The molecule has 0 aliphatic heterocycles. The van der Waals surface area contributed by atoms with E-state index in [-0.39, 0.29) is 11.9 Å². The third kappa shape index (κ3) is 5.83. The first-order valence-electron chi connectivity index (χ1n) is 10.2. The van der Waals surface area contributed by atoms with Gasteiger partial charge in [0.1, 0.15) is 0 Å². The first kappa shape index (κ1) is 19.9. The lowest BCUT2D eigenvalue weighted by molar-refractivity contribution is 0.0574. The Morgan fingerprint density at radius 3 is 2.74 bits per heavy atom. The van der Waals surface area contributed by atoms with Crippen molar-refractivity contribution in [3.63, 3.8) is 0 Å². The monoisotopic (exact) mass is 377 g/mol. The van der Waals surface area contributed by atoms with Gasteiger partial charge in [-0.25, -0.2) is 4.39 Å². The topological polar surface area (TPSA) is 65.9 Å². The van der Waals surface area contributed by atoms with Crippen LogP contribution in [0.25, 0.3) is 0 Å². The van der Waals surface area contributed by atoms with Crippen molar-refractivity contribution >= 4 is 5.96 Å². The van der Waals surface area contributed by atoms with Crippen LogP contribution in [0, 0.1) is 11.7 Å². The van der Waals surface area contributed by atoms with Gasteiger partial charge < -0.3 is 20.5 Å². The minimum Gasteiger partial charge on any atom is -0.490 e. The molecule has 5 nitrogen and oxygen atoms in total. The molecule has 2 aliphatic carbocycles. The van der Waals surface area contributed by atoms with E-state index in [2.05, 4.69) is 15.6 Å². The Kier molecular flexibility index (Phi) is 6.58. The van der Waals surface area contributed by atoms with Crippen LogP contribution in [-0.2, 0) is 0 Å². The van der Waals surface area contributed by atoms with Crippen LogP contribution >= 0.6 is 0 Å². The van der Waals surface area contributed by atoms with Crippen molar-refractivity contribution in [2.45, 2.75) is 64.0 Å². The Morgan fingerprint density at radius 2 is 2.11 bits per heavy atom. The van der Waals surface area contributed by atoms with E-state index in [1.54, 1.807) is 6.07 Å². The summed E-state index contributed by atoms with van der Waals surface area (Å²) in [7, 11) is 0. The maximum atomic E-state index is 14.3. The molecule has 6 heteroatoms. The maximum absolute atomic E-state index is 14.3. The van der Waals surface area contributed by atoms with E-state index < -0.39 is 5.60 Å². The Hall–Kier alpha value is -1.82. The molecule has 3 N–H and O–H groups in total. The summed E-state index contributed by atoms with van der Waals surface area (Å²) in [6.07, 6.45) is 6.09. The summed E-state index contributed by atoms with van der Waals surface area (Å²) in [4.78, 5) is 4.55. The molecular formula is C21H32FN3O2. The predicted molar refractivity (Wildman–Crippen MR) is 106 cm³/mol. The lowest BCUT2D eigenvalue weighted by Gasteiger charge is -2.22. The van der Waals surface area contributed by atoms with Crippen LogP contribution in [0.15, 0.2) is 23.2 Å². The lowest BCUT2D eigenvalue weighted by atomic mass is 10.0. The second-order valence-electron chi connectivity index (χ2n) is 7.94. The van der Waals surface area contributed by atoms with E-state index in [1.807, 2.05) is 19.9 Å². The molecule has 1 aromatic carbocycles. The summed E-state index contributed by atoms with van der Waals surface area (Å²) < 4.78 is 19.9. The number of rotatable bonds is 8. The molecule has 3 rings (SSSR count). The Balaban J connectivity index is 1.60. The lowest BCUT2D eigenvalue weighted by Crippen LogP contribution is -2.40. The van der Waals surface area contributed by atoms with Gasteiger partial charge in [-0.05, 0) is 63.1 Å². The van der Waals surface area contributed by atoms with E-state index in [1.165, 1.54) is 18.9 Å². The number of aliphatic imine (C=N–C) groups is 1. The molecule has 150 valence electrons. The van der Waals surface area contributed by atoms with Gasteiger partial charge in [0.25, 0.3) is 0 Å². The van der Waals surface area contributed by atoms with Crippen molar-refractivity contribution in [2.24, 2.45) is 10.9 Å². The largest absolute Gasteiger partial charge is 0.490 e. The predicted octanol–water partition coefficient (Wildman–Crippen LogP) is 3.54. The zero-order valence-electron chi connectivity index (χ0n) is 16.4. The van der Waals surface area contributed by atoms with Crippen LogP contribution < -0.4 is 15.4 Å². The molecule has 0 spiro atoms. The molecule has 27 heavy (non-hydrogen) atoms. The molecule has 2 saturated carbocycles. The number of hydrogen-bond acceptors (Lipinski definition) is 3. The maximum Gasteiger partial charge on any atom is 0.191 e. The molecule has 0 aromatic heterocycles. The van der Waals surface area contributed by atoms with Crippen LogP contribution in [0.3, 0.4) is 0 Å². The Morgan fingerprint density at radius 1 is 1.37 bits per heavy atom. The van der Waals surface area contributed by atoms with E-state index >= 15 is 0 Å². The van der Waals surface area contributed by atoms with Gasteiger partial charge >= 0.3 is 0 Å². The molecule has 0 bridgehead atoms. The normalized spacial score (nSPS) is 20.4. The third-order valence-corrected chi connectivity index (χ3v) is 5.39. The smallest absolute Gasteiger partial charge is 0.191 e. The van der Waals surface area contributed by atoms with Crippen LogP contribution in [-0.4, -0.2) is 36.4 Å². The SMILES string of the molecule is CCNC(=NCC1(O)CCCC1)NC(C)c1ccc(OCC2CC2)c(F)c1. The highest BCUT2D eigenvalue weighted by Gasteiger charge is 2.30. The molecular weight excluding hydrogens is 345 g/mol. The number of guanidine groups is 1. The molecule has 1 aromatic rings. The average Bonchev–Trinajstić information content (AvgIpc) is 3.38. The van der Waals surface area contributed by atoms with Gasteiger partial charge in [-0.1, -0.05) is 18.9 Å². The second kappa shape index (κ2) is 8.91. The second-order valence-corrected chi connectivity index (χ2v) is 7.94. The van der Waals surface area contributed by atoms with Crippen LogP contribution in [0.4, 0.5) is 4.39 Å². The molecule has 1 atom stereocenters. The highest BCUT2D eigenvalue weighted by Crippen LogP contribution is 2.31. The van der Waals surface area contributed by atoms with Gasteiger partial charge in [0.05, 0.1) is 24.8 Å². The van der Waals surface area contributed by atoms with Crippen molar-refractivity contribution in [3.8, 4) is 5.75 Å². The minimum atomic E-state index is -0.682. The number of halogens is 1. The van der Waals surface area contributed by atoms with Gasteiger partial charge in [0.2, 0.25) is 0 Å². The number of ether oxygens (including phenoxy) is 1. The molecule has 0 saturated heterocycles. The van der Waals surface area contributed by atoms with Gasteiger partial charge in [0, 0.05) is 6.54 Å². The standard InChI is InChI=1S/C21H32FN3O2/c1-3-23-20(24-14-21(26)10-4-5-11-21)25-15(2)17-8-9-19(18(22)12-17)27-13-16-6-7-16/h8-9,12,15-16,26H,3-7,10-11,13-14H2,1-2H3,(H2,23,24,25). The number of hydrogen-bond donors (Lipinski definition) is 3. The number of benzene rings is 1. The van der Waals surface area contributed by atoms with E-state index in [9.17, 15) is 9.50 Å². The van der Waals surface area contributed by atoms with E-state index in [4.69, 9.17) is 4.74 Å². The van der Waals surface area contributed by atoms with Crippen molar-refractivity contribution < 1.29 is 14.2 Å². The first-order chi connectivity index (χ1) is 13.0. The molecule has 0 radical (unpaired) electrons. The molecule has 0 amide bonds. The van der Waals surface area contributed by atoms with Gasteiger partial charge in [0.15, 0.2) is 17.5 Å². The number of nitrogens with zero attached hydrogens (tertiary/aromatic N) is 1. The number of nitrogens with one attached hydrogen (secondary N) is 2. The Labute approximate surface area is 161 Å². The molecule has 2 fully saturated rings. The van der Waals surface area contributed by atoms with Gasteiger partial charge in [-0.15, -0.1) is 0 Å². The van der Waals surface area contributed by atoms with Gasteiger partial charge in [-0.2, -0.15) is 0 Å². The molecule has 1 unspecified atom stereocenters. The minimum absolute atomic E-state index is 0.118. The average molecular weight is 378 g/mol. The summed E-state index contributed by atoms with van der Waals surface area (Å²) in [5, 5.41) is 17.0. The van der Waals surface area contributed by atoms with Crippen molar-refractivity contribution in [2.75, 3.05) is 19.7 Å². The Bertz CT molecular complexity index is 655. The van der Waals surface area contributed by atoms with Gasteiger partial charge in [-0.3, -0.25) is 4.99 Å². The third-order valence-electron chi connectivity index (χ3n) is 5.39. The van der Waals surface area contributed by atoms with Crippen LogP contribution in [0.1, 0.15) is 64.0 Å². The fourth-order valence-electron chi connectivity index (χ4n) is 3.42. The summed E-state index contributed by atoms with van der Waals surface area (Å²) in [6, 6.07) is 5.00. The summed E-state index contributed by atoms with van der Waals surface area (Å²) in [6.45, 7) is 5.68. The highest BCUT2D eigenvalue weighted by atomic mass is 19.1. The van der Waals surface area contributed by atoms with Crippen LogP contribution in [0.2, 0.25) is 0 Å². The fourth-order valence-corrected chi connectivity index (χ4v) is 3.42. The molecule has 0 heterocycles. The number of aliphatic hydroxyl groups is 1. The molecule has 2 aliphatic rings. The zero-order valence-corrected chi connectivity index (χ0v) is 16.4. The summed E-state index contributed by atoms with van der Waals surface area (Å²) in [5.74, 6) is 1.23. The zero-order chi connectivity index (χ0) is 19.3. The first-order valence-corrected chi connectivity index (χ1v) is 10.2. The highest BCUT2D eigenvalue weighted by molar-refractivity contribution is 5.80. The van der Waals surface area contributed by atoms with Crippen molar-refractivity contribution in [1.82, 2.24) is 10.6 Å². The van der Waals surface area contributed by atoms with Crippen molar-refractivity contribution in [1.29, 1.82) is 0 Å². The van der Waals surface area contributed by atoms with E-state index in [0.29, 0.717) is 30.8 Å². The summed E-state index contributed by atoms with van der Waals surface area (Å²) in [5.41, 5.74) is 0.148. The van der Waals surface area contributed by atoms with Crippen LogP contribution in [0.5, 0.6) is 5.75 Å². The van der Waals surface area contributed by atoms with E-state index in [0.717, 1.165) is 37.8 Å². The van der Waals surface area contributed by atoms with Crippen molar-refractivity contribution in [3.05, 3.63) is 29.6 Å². The fraction of sp³-hybridized carbons (Fsp3) is 0.667. The quantitative estimate of drug-likeness (QED) is 0.479.